The topological polar surface area (TPSA) is 44.1 Å². The minimum Gasteiger partial charge on any atom is -0.497 e. The summed E-state index contributed by atoms with van der Waals surface area (Å²) < 4.78 is 6.80. The normalized spacial score (nSPS) is 11.0. The van der Waals surface area contributed by atoms with Gasteiger partial charge in [-0.2, -0.15) is 0 Å². The smallest absolute Gasteiger partial charge is 0.262 e. The quantitative estimate of drug-likeness (QED) is 0.746. The summed E-state index contributed by atoms with van der Waals surface area (Å²) in [6.45, 7) is 4.52. The first kappa shape index (κ1) is 13.8. The number of aryl methyl sites for hydroxylation is 2. The van der Waals surface area contributed by atoms with Gasteiger partial charge < -0.3 is 4.74 Å². The minimum absolute atomic E-state index is 0.0256. The zero-order valence-electron chi connectivity index (χ0n) is 12.2. The zero-order chi connectivity index (χ0) is 15.0. The minimum atomic E-state index is 0.0256. The second-order valence-electron chi connectivity index (χ2n) is 4.99. The molecule has 5 heteroatoms. The number of benzene rings is 1. The summed E-state index contributed by atoms with van der Waals surface area (Å²) in [6.07, 6.45) is 1.63. The van der Waals surface area contributed by atoms with E-state index >= 15 is 0 Å². The van der Waals surface area contributed by atoms with E-state index in [1.165, 1.54) is 0 Å². The Morgan fingerprint density at radius 3 is 2.62 bits per heavy atom. The van der Waals surface area contributed by atoms with E-state index in [0.717, 1.165) is 32.0 Å². The molecule has 0 fully saturated rings. The number of hydrogen-bond acceptors (Lipinski definition) is 4. The van der Waals surface area contributed by atoms with Gasteiger partial charge in [0.05, 0.1) is 25.4 Å². The van der Waals surface area contributed by atoms with Crippen molar-refractivity contribution in [3.63, 3.8) is 0 Å². The van der Waals surface area contributed by atoms with Crippen molar-refractivity contribution in [2.45, 2.75) is 20.4 Å². The number of ether oxygens (including phenoxy) is 1. The summed E-state index contributed by atoms with van der Waals surface area (Å²) in [7, 11) is 1.64. The highest BCUT2D eigenvalue weighted by Gasteiger charge is 2.12. The van der Waals surface area contributed by atoms with Crippen LogP contribution in [0.25, 0.3) is 10.2 Å². The highest BCUT2D eigenvalue weighted by atomic mass is 32.1. The average Bonchev–Trinajstić information content (AvgIpc) is 2.79. The first-order valence-corrected chi connectivity index (χ1v) is 7.50. The van der Waals surface area contributed by atoms with E-state index in [1.807, 2.05) is 38.1 Å². The Hall–Kier alpha value is -2.14. The molecule has 3 aromatic rings. The van der Waals surface area contributed by atoms with Crippen LogP contribution in [0.3, 0.4) is 0 Å². The zero-order valence-corrected chi connectivity index (χ0v) is 13.0. The Labute approximate surface area is 126 Å². The highest BCUT2D eigenvalue weighted by Crippen LogP contribution is 2.25. The summed E-state index contributed by atoms with van der Waals surface area (Å²) in [5.41, 5.74) is 2.11. The number of nitrogens with zero attached hydrogens (tertiary/aromatic N) is 2. The van der Waals surface area contributed by atoms with E-state index < -0.39 is 0 Å². The van der Waals surface area contributed by atoms with Gasteiger partial charge in [0.1, 0.15) is 10.6 Å². The predicted octanol–water partition coefficient (Wildman–Crippen LogP) is 3.13. The lowest BCUT2D eigenvalue weighted by Crippen LogP contribution is -2.21. The maximum atomic E-state index is 12.6. The van der Waals surface area contributed by atoms with E-state index in [9.17, 15) is 4.79 Å². The molecule has 0 aliphatic carbocycles. The maximum Gasteiger partial charge on any atom is 0.262 e. The molecule has 0 aliphatic heterocycles. The van der Waals surface area contributed by atoms with Gasteiger partial charge in [0.25, 0.3) is 5.56 Å². The van der Waals surface area contributed by atoms with Gasteiger partial charge in [-0.25, -0.2) is 4.98 Å². The molecule has 0 N–H and O–H groups in total. The van der Waals surface area contributed by atoms with Gasteiger partial charge in [0.2, 0.25) is 0 Å². The van der Waals surface area contributed by atoms with Gasteiger partial charge in [-0.15, -0.1) is 11.3 Å². The number of aromatic nitrogens is 2. The van der Waals surface area contributed by atoms with Crippen LogP contribution >= 0.6 is 11.3 Å². The fraction of sp³-hybridized carbons (Fsp3) is 0.250. The standard InChI is InChI=1S/C16H16N2O2S/c1-10-11(2)21-15-14(10)16(19)18(9-17-15)8-12-4-6-13(20-3)7-5-12/h4-7,9H,8H2,1-3H3. The van der Waals surface area contributed by atoms with E-state index in [4.69, 9.17) is 4.74 Å². The fourth-order valence-electron chi connectivity index (χ4n) is 2.31. The molecule has 0 atom stereocenters. The van der Waals surface area contributed by atoms with Gasteiger partial charge in [0, 0.05) is 4.88 Å². The molecule has 0 saturated heterocycles. The van der Waals surface area contributed by atoms with Gasteiger partial charge in [0.15, 0.2) is 0 Å². The van der Waals surface area contributed by atoms with Crippen molar-refractivity contribution in [3.8, 4) is 5.75 Å². The third-order valence-electron chi connectivity index (χ3n) is 3.67. The van der Waals surface area contributed by atoms with Crippen LogP contribution in [0, 0.1) is 13.8 Å². The molecule has 0 aliphatic rings. The lowest BCUT2D eigenvalue weighted by atomic mass is 10.2. The van der Waals surface area contributed by atoms with Crippen molar-refractivity contribution in [1.29, 1.82) is 0 Å². The Balaban J connectivity index is 2.02. The Morgan fingerprint density at radius 2 is 1.95 bits per heavy atom. The molecular weight excluding hydrogens is 284 g/mol. The second kappa shape index (κ2) is 5.33. The van der Waals surface area contributed by atoms with E-state index in [-0.39, 0.29) is 5.56 Å². The third kappa shape index (κ3) is 2.45. The summed E-state index contributed by atoms with van der Waals surface area (Å²) in [5.74, 6) is 0.809. The number of thiophene rings is 1. The third-order valence-corrected chi connectivity index (χ3v) is 4.78. The van der Waals surface area contributed by atoms with E-state index in [1.54, 1.807) is 29.3 Å². The summed E-state index contributed by atoms with van der Waals surface area (Å²) in [5, 5.41) is 0.744. The van der Waals surface area contributed by atoms with Crippen molar-refractivity contribution < 1.29 is 4.74 Å². The first-order chi connectivity index (χ1) is 10.1. The van der Waals surface area contributed by atoms with Crippen LogP contribution in [-0.4, -0.2) is 16.7 Å². The Kier molecular flexibility index (Phi) is 3.51. The van der Waals surface area contributed by atoms with E-state index in [0.29, 0.717) is 6.54 Å². The number of rotatable bonds is 3. The molecule has 2 aromatic heterocycles. The predicted molar refractivity (Wildman–Crippen MR) is 85.5 cm³/mol. The van der Waals surface area contributed by atoms with Crippen LogP contribution in [0.5, 0.6) is 5.75 Å². The van der Waals surface area contributed by atoms with Crippen LogP contribution in [0.2, 0.25) is 0 Å². The van der Waals surface area contributed by atoms with Gasteiger partial charge in [-0.05, 0) is 37.1 Å². The van der Waals surface area contributed by atoms with Crippen molar-refractivity contribution in [3.05, 3.63) is 57.0 Å². The largest absolute Gasteiger partial charge is 0.497 e. The van der Waals surface area contributed by atoms with Crippen LogP contribution < -0.4 is 10.3 Å². The van der Waals surface area contributed by atoms with Crippen molar-refractivity contribution >= 4 is 21.6 Å². The molecular formula is C16H16N2O2S. The number of methoxy groups -OCH3 is 1. The van der Waals surface area contributed by atoms with Crippen molar-refractivity contribution in [2.24, 2.45) is 0 Å². The molecule has 1 aromatic carbocycles. The van der Waals surface area contributed by atoms with Gasteiger partial charge in [-0.1, -0.05) is 12.1 Å². The maximum absolute atomic E-state index is 12.6. The molecule has 0 amide bonds. The van der Waals surface area contributed by atoms with Crippen LogP contribution in [0.1, 0.15) is 16.0 Å². The number of fused-ring (bicyclic) bond motifs is 1. The molecule has 0 saturated carbocycles. The molecule has 4 nitrogen and oxygen atoms in total. The fourth-order valence-corrected chi connectivity index (χ4v) is 3.30. The molecule has 0 bridgehead atoms. The van der Waals surface area contributed by atoms with E-state index in [2.05, 4.69) is 4.98 Å². The average molecular weight is 300 g/mol. The Morgan fingerprint density at radius 1 is 1.24 bits per heavy atom. The summed E-state index contributed by atoms with van der Waals surface area (Å²) in [4.78, 5) is 19.0. The molecule has 2 heterocycles. The highest BCUT2D eigenvalue weighted by molar-refractivity contribution is 7.18. The molecule has 0 spiro atoms. The summed E-state index contributed by atoms with van der Waals surface area (Å²) >= 11 is 1.57. The van der Waals surface area contributed by atoms with Crippen molar-refractivity contribution in [2.75, 3.05) is 7.11 Å². The van der Waals surface area contributed by atoms with Crippen LogP contribution in [0.4, 0.5) is 0 Å². The molecule has 0 radical (unpaired) electrons. The molecule has 108 valence electrons. The summed E-state index contributed by atoms with van der Waals surface area (Å²) in [6, 6.07) is 7.71. The van der Waals surface area contributed by atoms with Gasteiger partial charge in [-0.3, -0.25) is 9.36 Å². The second-order valence-corrected chi connectivity index (χ2v) is 6.19. The first-order valence-electron chi connectivity index (χ1n) is 6.68. The molecule has 0 unspecified atom stereocenters. The SMILES string of the molecule is COc1ccc(Cn2cnc3sc(C)c(C)c3c2=O)cc1. The molecule has 21 heavy (non-hydrogen) atoms. The Bertz CT molecular complexity index is 847. The lowest BCUT2D eigenvalue weighted by molar-refractivity contribution is 0.414. The van der Waals surface area contributed by atoms with Crippen LogP contribution in [-0.2, 0) is 6.54 Å². The lowest BCUT2D eigenvalue weighted by Gasteiger charge is -2.06. The monoisotopic (exact) mass is 300 g/mol. The van der Waals surface area contributed by atoms with Gasteiger partial charge >= 0.3 is 0 Å². The number of hydrogen-bond donors (Lipinski definition) is 0. The van der Waals surface area contributed by atoms with Crippen LogP contribution in [0.15, 0.2) is 35.4 Å². The van der Waals surface area contributed by atoms with Crippen molar-refractivity contribution in [1.82, 2.24) is 9.55 Å². The molecule has 3 rings (SSSR count).